The van der Waals surface area contributed by atoms with Crippen molar-refractivity contribution in [1.82, 2.24) is 8.87 Å². The minimum absolute atomic E-state index is 0.0926. The van der Waals surface area contributed by atoms with Crippen LogP contribution in [-0.4, -0.2) is 42.3 Å². The van der Waals surface area contributed by atoms with Crippen LogP contribution in [0.15, 0.2) is 56.6 Å². The topological polar surface area (TPSA) is 92.8 Å². The summed E-state index contributed by atoms with van der Waals surface area (Å²) >= 11 is 0. The third kappa shape index (κ3) is 4.21. The number of oxazole rings is 1. The Labute approximate surface area is 205 Å². The molecular formula is C26H31N3O5S. The normalized spacial score (nSPS) is 19.5. The van der Waals surface area contributed by atoms with Gasteiger partial charge in [-0.15, -0.1) is 0 Å². The van der Waals surface area contributed by atoms with Crippen LogP contribution in [0, 0.1) is 5.92 Å². The average molecular weight is 498 g/mol. The fraction of sp³-hybridized carbons (Fsp3) is 0.462. The lowest BCUT2D eigenvalue weighted by atomic mass is 9.94. The molecule has 0 bridgehead atoms. The number of aromatic nitrogens is 1. The molecule has 0 spiro atoms. The lowest BCUT2D eigenvalue weighted by Crippen LogP contribution is -2.41. The summed E-state index contributed by atoms with van der Waals surface area (Å²) in [5.41, 5.74) is 3.05. The van der Waals surface area contributed by atoms with Crippen molar-refractivity contribution in [3.8, 4) is 0 Å². The van der Waals surface area contributed by atoms with Gasteiger partial charge in [0, 0.05) is 43.3 Å². The van der Waals surface area contributed by atoms with Gasteiger partial charge in [-0.25, -0.2) is 13.2 Å². The Morgan fingerprint density at radius 3 is 2.54 bits per heavy atom. The molecule has 2 aliphatic heterocycles. The van der Waals surface area contributed by atoms with Crippen LogP contribution < -0.4 is 10.7 Å². The molecule has 2 aliphatic rings. The highest BCUT2D eigenvalue weighted by molar-refractivity contribution is 7.89. The summed E-state index contributed by atoms with van der Waals surface area (Å²) in [5.74, 6) is -0.238. The quantitative estimate of drug-likeness (QED) is 0.532. The zero-order chi connectivity index (χ0) is 24.9. The maximum atomic E-state index is 13.3. The zero-order valence-electron chi connectivity index (χ0n) is 20.3. The molecule has 8 nitrogen and oxygen atoms in total. The molecule has 0 N–H and O–H groups in total. The molecule has 2 aromatic carbocycles. The van der Waals surface area contributed by atoms with Gasteiger partial charge in [0.2, 0.25) is 15.9 Å². The van der Waals surface area contributed by atoms with E-state index in [4.69, 9.17) is 4.42 Å². The van der Waals surface area contributed by atoms with Crippen LogP contribution in [0.1, 0.15) is 51.6 Å². The number of amides is 1. The Balaban J connectivity index is 1.26. The molecule has 1 aromatic heterocycles. The Bertz CT molecular complexity index is 1430. The van der Waals surface area contributed by atoms with Crippen molar-refractivity contribution in [2.75, 3.05) is 18.0 Å². The number of carbonyl (C=O) groups is 1. The van der Waals surface area contributed by atoms with E-state index in [0.717, 1.165) is 12.1 Å². The largest absolute Gasteiger partial charge is 0.420 e. The number of hydrogen-bond acceptors (Lipinski definition) is 5. The summed E-state index contributed by atoms with van der Waals surface area (Å²) in [6.07, 6.45) is 2.56. The summed E-state index contributed by atoms with van der Waals surface area (Å²) in [6, 6.07) is 12.7. The zero-order valence-corrected chi connectivity index (χ0v) is 21.1. The van der Waals surface area contributed by atoms with Gasteiger partial charge in [0.25, 0.3) is 0 Å². The fourth-order valence-corrected chi connectivity index (χ4v) is 6.95. The number of carbonyl (C=O) groups excluding carboxylic acids is 1. The Morgan fingerprint density at radius 2 is 1.83 bits per heavy atom. The summed E-state index contributed by atoms with van der Waals surface area (Å²) in [6.45, 7) is 6.54. The number of para-hydroxylation sites is 1. The number of fused-ring (bicyclic) bond motifs is 2. The van der Waals surface area contributed by atoms with E-state index in [1.54, 1.807) is 6.07 Å². The van der Waals surface area contributed by atoms with Gasteiger partial charge in [-0.05, 0) is 69.7 Å². The SMILES string of the molecule is CC1Cc2ccccc2N1C(=O)CC1CCN(S(=O)(=O)c2ccc3c(c2)oc(=O)n3C(C)C)CC1. The van der Waals surface area contributed by atoms with Gasteiger partial charge in [0.1, 0.15) is 0 Å². The van der Waals surface area contributed by atoms with E-state index >= 15 is 0 Å². The minimum Gasteiger partial charge on any atom is -0.408 e. The fourth-order valence-electron chi connectivity index (χ4n) is 5.46. The van der Waals surface area contributed by atoms with Crippen molar-refractivity contribution >= 4 is 32.7 Å². The van der Waals surface area contributed by atoms with Crippen LogP contribution in [0.5, 0.6) is 0 Å². The second-order valence-electron chi connectivity index (χ2n) is 9.96. The first-order valence-corrected chi connectivity index (χ1v) is 13.7. The number of benzene rings is 2. The number of sulfonamides is 1. The lowest BCUT2D eigenvalue weighted by Gasteiger charge is -2.32. The molecule has 1 atom stereocenters. The first-order valence-electron chi connectivity index (χ1n) is 12.2. The highest BCUT2D eigenvalue weighted by atomic mass is 32.2. The summed E-state index contributed by atoms with van der Waals surface area (Å²) in [5, 5.41) is 0. The van der Waals surface area contributed by atoms with Crippen molar-refractivity contribution in [2.24, 2.45) is 5.92 Å². The van der Waals surface area contributed by atoms with E-state index in [1.165, 1.54) is 26.6 Å². The molecule has 0 saturated carbocycles. The molecule has 0 radical (unpaired) electrons. The Kier molecular flexibility index (Phi) is 6.09. The number of anilines is 1. The number of piperidine rings is 1. The summed E-state index contributed by atoms with van der Waals surface area (Å²) in [7, 11) is -3.73. The molecule has 9 heteroatoms. The molecular weight excluding hydrogens is 466 g/mol. The van der Waals surface area contributed by atoms with Crippen LogP contribution >= 0.6 is 0 Å². The molecule has 5 rings (SSSR count). The van der Waals surface area contributed by atoms with Crippen LogP contribution in [0.3, 0.4) is 0 Å². The summed E-state index contributed by atoms with van der Waals surface area (Å²) < 4.78 is 34.9. The second kappa shape index (κ2) is 8.95. The van der Waals surface area contributed by atoms with E-state index in [1.807, 2.05) is 36.9 Å². The van der Waals surface area contributed by atoms with Gasteiger partial charge in [0.15, 0.2) is 5.58 Å². The van der Waals surface area contributed by atoms with Crippen LogP contribution in [0.2, 0.25) is 0 Å². The van der Waals surface area contributed by atoms with Gasteiger partial charge < -0.3 is 9.32 Å². The molecule has 1 saturated heterocycles. The van der Waals surface area contributed by atoms with Gasteiger partial charge in [-0.2, -0.15) is 4.31 Å². The predicted molar refractivity (Wildman–Crippen MR) is 134 cm³/mol. The van der Waals surface area contributed by atoms with Crippen molar-refractivity contribution in [1.29, 1.82) is 0 Å². The van der Waals surface area contributed by atoms with E-state index in [0.29, 0.717) is 37.9 Å². The molecule has 186 valence electrons. The number of rotatable bonds is 5. The number of nitrogens with zero attached hydrogens (tertiary/aromatic N) is 3. The van der Waals surface area contributed by atoms with E-state index in [2.05, 4.69) is 13.0 Å². The smallest absolute Gasteiger partial charge is 0.408 e. The van der Waals surface area contributed by atoms with E-state index in [-0.39, 0.29) is 34.4 Å². The van der Waals surface area contributed by atoms with Crippen LogP contribution in [0.25, 0.3) is 11.1 Å². The maximum Gasteiger partial charge on any atom is 0.420 e. The third-order valence-electron chi connectivity index (χ3n) is 7.25. The van der Waals surface area contributed by atoms with Gasteiger partial charge in [-0.3, -0.25) is 9.36 Å². The van der Waals surface area contributed by atoms with Crippen LogP contribution in [-0.2, 0) is 21.2 Å². The Morgan fingerprint density at radius 1 is 1.11 bits per heavy atom. The average Bonchev–Trinajstić information content (AvgIpc) is 3.33. The van der Waals surface area contributed by atoms with Crippen LogP contribution in [0.4, 0.5) is 5.69 Å². The highest BCUT2D eigenvalue weighted by Crippen LogP contribution is 2.34. The van der Waals surface area contributed by atoms with Gasteiger partial charge in [-0.1, -0.05) is 18.2 Å². The van der Waals surface area contributed by atoms with Crippen molar-refractivity contribution in [3.63, 3.8) is 0 Å². The standard InChI is InChI=1S/C26H31N3O5S/c1-17(2)28-23-9-8-21(16-24(23)34-26(28)31)35(32,33)27-12-10-19(11-13-27)15-25(30)29-18(3)14-20-6-4-5-7-22(20)29/h4-9,16-19H,10-15H2,1-3H3. The molecule has 1 amide bonds. The van der Waals surface area contributed by atoms with Gasteiger partial charge in [0.05, 0.1) is 10.4 Å². The minimum atomic E-state index is -3.73. The number of hydrogen-bond donors (Lipinski definition) is 0. The van der Waals surface area contributed by atoms with E-state index < -0.39 is 15.8 Å². The third-order valence-corrected chi connectivity index (χ3v) is 9.15. The molecule has 3 aromatic rings. The van der Waals surface area contributed by atoms with Crippen molar-refractivity contribution in [2.45, 2.75) is 63.4 Å². The summed E-state index contributed by atoms with van der Waals surface area (Å²) in [4.78, 5) is 27.3. The van der Waals surface area contributed by atoms with Gasteiger partial charge >= 0.3 is 5.76 Å². The second-order valence-corrected chi connectivity index (χ2v) is 11.9. The maximum absolute atomic E-state index is 13.3. The first-order chi connectivity index (χ1) is 16.7. The molecule has 1 fully saturated rings. The molecule has 3 heterocycles. The molecule has 1 unspecified atom stereocenters. The first kappa shape index (κ1) is 23.8. The molecule has 35 heavy (non-hydrogen) atoms. The van der Waals surface area contributed by atoms with E-state index in [9.17, 15) is 18.0 Å². The molecule has 0 aliphatic carbocycles. The van der Waals surface area contributed by atoms with Crippen molar-refractivity contribution < 1.29 is 17.6 Å². The highest BCUT2D eigenvalue weighted by Gasteiger charge is 2.34. The lowest BCUT2D eigenvalue weighted by molar-refractivity contribution is -0.120. The monoisotopic (exact) mass is 497 g/mol. The van der Waals surface area contributed by atoms with Crippen molar-refractivity contribution in [3.05, 3.63) is 58.6 Å². The predicted octanol–water partition coefficient (Wildman–Crippen LogP) is 3.94. The Hall–Kier alpha value is -2.91.